The van der Waals surface area contributed by atoms with Gasteiger partial charge in [-0.2, -0.15) is 0 Å². The van der Waals surface area contributed by atoms with Crippen molar-refractivity contribution >= 4 is 17.5 Å². The molecule has 1 aromatic rings. The van der Waals surface area contributed by atoms with Gasteiger partial charge in [-0.15, -0.1) is 0 Å². The van der Waals surface area contributed by atoms with Crippen LogP contribution in [0, 0.1) is 6.92 Å². The van der Waals surface area contributed by atoms with Gasteiger partial charge in [0.2, 0.25) is 0 Å². The molecule has 1 aliphatic heterocycles. The molecule has 0 saturated carbocycles. The fraction of sp³-hybridized carbons (Fsp3) is 0.462. The lowest BCUT2D eigenvalue weighted by Gasteiger charge is -2.32. The predicted octanol–water partition coefficient (Wildman–Crippen LogP) is 2.08. The third kappa shape index (κ3) is 2.79. The van der Waals surface area contributed by atoms with Gasteiger partial charge in [0.25, 0.3) is 5.91 Å². The summed E-state index contributed by atoms with van der Waals surface area (Å²) >= 11 is 6.04. The molecule has 4 heteroatoms. The number of carbonyl (C=O) groups excluding carboxylic acids is 1. The van der Waals surface area contributed by atoms with Crippen LogP contribution < -0.4 is 5.32 Å². The Bertz CT molecular complexity index is 433. The van der Waals surface area contributed by atoms with E-state index in [1.807, 2.05) is 24.0 Å². The maximum atomic E-state index is 12.2. The second kappa shape index (κ2) is 5.07. The molecule has 1 amide bonds. The Hall–Kier alpha value is -1.06. The third-order valence-electron chi connectivity index (χ3n) is 3.07. The minimum Gasteiger partial charge on any atom is -0.336 e. The molecule has 0 aromatic heterocycles. The van der Waals surface area contributed by atoms with Crippen molar-refractivity contribution in [2.45, 2.75) is 19.9 Å². The molecule has 0 radical (unpaired) electrons. The molecule has 3 nitrogen and oxygen atoms in total. The number of carbonyl (C=O) groups is 1. The first kappa shape index (κ1) is 12.4. The molecule has 92 valence electrons. The minimum absolute atomic E-state index is 0.0697. The molecule has 0 spiro atoms. The number of rotatable bonds is 1. The van der Waals surface area contributed by atoms with Crippen LogP contribution in [0.2, 0.25) is 5.02 Å². The van der Waals surface area contributed by atoms with Crippen LogP contribution in [-0.2, 0) is 0 Å². The van der Waals surface area contributed by atoms with E-state index in [0.717, 1.165) is 25.2 Å². The minimum atomic E-state index is 0.0697. The molecule has 0 aliphatic carbocycles. The van der Waals surface area contributed by atoms with Crippen molar-refractivity contribution in [1.82, 2.24) is 10.2 Å². The lowest BCUT2D eigenvalue weighted by Crippen LogP contribution is -2.51. The Morgan fingerprint density at radius 1 is 1.53 bits per heavy atom. The Kier molecular flexibility index (Phi) is 3.69. The molecule has 2 rings (SSSR count). The van der Waals surface area contributed by atoms with Gasteiger partial charge in [-0.3, -0.25) is 4.79 Å². The molecule has 0 bridgehead atoms. The summed E-state index contributed by atoms with van der Waals surface area (Å²) in [6.07, 6.45) is 0. The van der Waals surface area contributed by atoms with E-state index in [4.69, 9.17) is 11.6 Å². The number of aryl methyl sites for hydroxylation is 1. The van der Waals surface area contributed by atoms with Crippen LogP contribution in [0.15, 0.2) is 18.2 Å². The molecule has 1 N–H and O–H groups in total. The van der Waals surface area contributed by atoms with E-state index in [9.17, 15) is 4.79 Å². The van der Waals surface area contributed by atoms with Gasteiger partial charge in [0, 0.05) is 36.3 Å². The van der Waals surface area contributed by atoms with Gasteiger partial charge in [0.1, 0.15) is 0 Å². The van der Waals surface area contributed by atoms with E-state index in [0.29, 0.717) is 16.6 Å². The largest absolute Gasteiger partial charge is 0.336 e. The second-order valence-corrected chi connectivity index (χ2v) is 4.98. The van der Waals surface area contributed by atoms with E-state index >= 15 is 0 Å². The second-order valence-electron chi connectivity index (χ2n) is 4.57. The van der Waals surface area contributed by atoms with Crippen molar-refractivity contribution in [2.24, 2.45) is 0 Å². The highest BCUT2D eigenvalue weighted by Gasteiger charge is 2.21. The normalized spacial score (nSPS) is 20.4. The molecule has 1 aliphatic rings. The number of halogens is 1. The molecule has 1 saturated heterocycles. The number of hydrogen-bond donors (Lipinski definition) is 1. The van der Waals surface area contributed by atoms with Gasteiger partial charge in [-0.1, -0.05) is 17.7 Å². The van der Waals surface area contributed by atoms with E-state index in [2.05, 4.69) is 12.2 Å². The highest BCUT2D eigenvalue weighted by Crippen LogP contribution is 2.18. The summed E-state index contributed by atoms with van der Waals surface area (Å²) in [5.41, 5.74) is 1.67. The summed E-state index contributed by atoms with van der Waals surface area (Å²) in [5, 5.41) is 3.97. The predicted molar refractivity (Wildman–Crippen MR) is 69.6 cm³/mol. The van der Waals surface area contributed by atoms with E-state index < -0.39 is 0 Å². The first-order chi connectivity index (χ1) is 8.08. The van der Waals surface area contributed by atoms with Crippen LogP contribution in [0.25, 0.3) is 0 Å². The zero-order chi connectivity index (χ0) is 12.4. The summed E-state index contributed by atoms with van der Waals surface area (Å²) in [6.45, 7) is 6.39. The number of benzene rings is 1. The number of amides is 1. The molecule has 1 unspecified atom stereocenters. The van der Waals surface area contributed by atoms with Crippen molar-refractivity contribution < 1.29 is 4.79 Å². The molecule has 1 atom stereocenters. The molecule has 17 heavy (non-hydrogen) atoms. The van der Waals surface area contributed by atoms with Crippen LogP contribution in [0.1, 0.15) is 22.8 Å². The fourth-order valence-electron chi connectivity index (χ4n) is 2.03. The summed E-state index contributed by atoms with van der Waals surface area (Å²) in [4.78, 5) is 14.1. The van der Waals surface area contributed by atoms with E-state index in [1.165, 1.54) is 0 Å². The summed E-state index contributed by atoms with van der Waals surface area (Å²) in [7, 11) is 0. The Morgan fingerprint density at radius 3 is 2.94 bits per heavy atom. The highest BCUT2D eigenvalue weighted by molar-refractivity contribution is 6.31. The van der Waals surface area contributed by atoms with Crippen LogP contribution in [0.4, 0.5) is 0 Å². The number of hydrogen-bond acceptors (Lipinski definition) is 2. The maximum Gasteiger partial charge on any atom is 0.254 e. The monoisotopic (exact) mass is 252 g/mol. The van der Waals surface area contributed by atoms with Crippen molar-refractivity contribution in [1.29, 1.82) is 0 Å². The molecular formula is C13H17ClN2O. The Labute approximate surface area is 107 Å². The molecular weight excluding hydrogens is 236 g/mol. The fourth-order valence-corrected chi connectivity index (χ4v) is 2.21. The average Bonchev–Trinajstić information content (AvgIpc) is 2.32. The number of piperazine rings is 1. The average molecular weight is 253 g/mol. The van der Waals surface area contributed by atoms with E-state index in [1.54, 1.807) is 6.07 Å². The number of nitrogens with one attached hydrogen (secondary N) is 1. The van der Waals surface area contributed by atoms with Gasteiger partial charge in [-0.05, 0) is 31.5 Å². The zero-order valence-electron chi connectivity index (χ0n) is 10.2. The maximum absolute atomic E-state index is 12.2. The van der Waals surface area contributed by atoms with Crippen molar-refractivity contribution in [3.05, 3.63) is 34.3 Å². The van der Waals surface area contributed by atoms with Crippen molar-refractivity contribution in [3.8, 4) is 0 Å². The first-order valence-corrected chi connectivity index (χ1v) is 6.24. The standard InChI is InChI=1S/C13H17ClN2O/c1-9-3-4-11(7-12(9)14)13(17)16-6-5-15-10(2)8-16/h3-4,7,10,15H,5-6,8H2,1-2H3. The topological polar surface area (TPSA) is 32.3 Å². The zero-order valence-corrected chi connectivity index (χ0v) is 10.9. The van der Waals surface area contributed by atoms with Crippen LogP contribution in [0.5, 0.6) is 0 Å². The van der Waals surface area contributed by atoms with E-state index in [-0.39, 0.29) is 5.91 Å². The molecule has 1 heterocycles. The Balaban J connectivity index is 2.15. The van der Waals surface area contributed by atoms with Crippen molar-refractivity contribution in [2.75, 3.05) is 19.6 Å². The highest BCUT2D eigenvalue weighted by atomic mass is 35.5. The molecule has 1 aromatic carbocycles. The lowest BCUT2D eigenvalue weighted by atomic mass is 10.1. The number of nitrogens with zero attached hydrogens (tertiary/aromatic N) is 1. The Morgan fingerprint density at radius 2 is 2.29 bits per heavy atom. The smallest absolute Gasteiger partial charge is 0.254 e. The van der Waals surface area contributed by atoms with Crippen LogP contribution >= 0.6 is 11.6 Å². The van der Waals surface area contributed by atoms with Gasteiger partial charge in [0.15, 0.2) is 0 Å². The van der Waals surface area contributed by atoms with Crippen molar-refractivity contribution in [3.63, 3.8) is 0 Å². The van der Waals surface area contributed by atoms with Gasteiger partial charge < -0.3 is 10.2 Å². The van der Waals surface area contributed by atoms with Gasteiger partial charge >= 0.3 is 0 Å². The summed E-state index contributed by atoms with van der Waals surface area (Å²) in [5.74, 6) is 0.0697. The molecule has 1 fully saturated rings. The SMILES string of the molecule is Cc1ccc(C(=O)N2CCNC(C)C2)cc1Cl. The van der Waals surface area contributed by atoms with Crippen LogP contribution in [0.3, 0.4) is 0 Å². The van der Waals surface area contributed by atoms with Crippen LogP contribution in [-0.4, -0.2) is 36.5 Å². The first-order valence-electron chi connectivity index (χ1n) is 5.87. The summed E-state index contributed by atoms with van der Waals surface area (Å²) < 4.78 is 0. The van der Waals surface area contributed by atoms with Gasteiger partial charge in [0.05, 0.1) is 0 Å². The third-order valence-corrected chi connectivity index (χ3v) is 3.48. The lowest BCUT2D eigenvalue weighted by molar-refractivity contribution is 0.0709. The summed E-state index contributed by atoms with van der Waals surface area (Å²) in [6, 6.07) is 5.84. The quantitative estimate of drug-likeness (QED) is 0.830. The van der Waals surface area contributed by atoms with Gasteiger partial charge in [-0.25, -0.2) is 0 Å².